The smallest absolute Gasteiger partial charge is 0.248 e. The molecule has 1 aliphatic heterocycles. The lowest BCUT2D eigenvalue weighted by atomic mass is 10.1. The van der Waals surface area contributed by atoms with Crippen LogP contribution in [-0.2, 0) is 11.2 Å². The molecule has 0 radical (unpaired) electrons. The van der Waals surface area contributed by atoms with E-state index in [4.69, 9.17) is 17.0 Å². The van der Waals surface area contributed by atoms with Crippen LogP contribution >= 0.6 is 34.7 Å². The van der Waals surface area contributed by atoms with Crippen LogP contribution in [0, 0.1) is 5.41 Å². The number of carbonyl (C=O) groups excluding carboxylic acids is 1. The minimum atomic E-state index is -0.214. The van der Waals surface area contributed by atoms with Crippen LogP contribution in [0.15, 0.2) is 30.5 Å². The van der Waals surface area contributed by atoms with Crippen LogP contribution in [0.25, 0.3) is 0 Å². The monoisotopic (exact) mass is 337 g/mol. The van der Waals surface area contributed by atoms with E-state index >= 15 is 0 Å². The number of thiazole rings is 1. The molecule has 0 unspecified atom stereocenters. The molecule has 0 aliphatic carbocycles. The minimum absolute atomic E-state index is 0.0800. The Balaban J connectivity index is 1.83. The number of carbonyl (C=O) groups is 1. The fraction of sp³-hybridized carbons (Fsp3) is 0.214. The van der Waals surface area contributed by atoms with Crippen LogP contribution in [0.4, 0.5) is 5.13 Å². The number of amidine groups is 1. The molecule has 7 heteroatoms. The van der Waals surface area contributed by atoms with Crippen LogP contribution < -0.4 is 4.90 Å². The number of nitrogens with one attached hydrogen (secondary N) is 1. The van der Waals surface area contributed by atoms with Crippen molar-refractivity contribution in [3.8, 4) is 0 Å². The van der Waals surface area contributed by atoms with Crippen molar-refractivity contribution in [2.75, 3.05) is 4.90 Å². The molecule has 108 valence electrons. The summed E-state index contributed by atoms with van der Waals surface area (Å²) >= 11 is 8.83. The van der Waals surface area contributed by atoms with Gasteiger partial charge in [-0.15, -0.1) is 11.3 Å². The highest BCUT2D eigenvalue weighted by molar-refractivity contribution is 8.16. The Morgan fingerprint density at radius 3 is 2.86 bits per heavy atom. The molecule has 21 heavy (non-hydrogen) atoms. The summed E-state index contributed by atoms with van der Waals surface area (Å²) in [5.41, 5.74) is 1.03. The molecule has 1 saturated heterocycles. The molecule has 1 aliphatic rings. The van der Waals surface area contributed by atoms with Gasteiger partial charge in [0.25, 0.3) is 0 Å². The zero-order valence-corrected chi connectivity index (χ0v) is 13.6. The zero-order chi connectivity index (χ0) is 15.0. The molecule has 1 atom stereocenters. The van der Waals surface area contributed by atoms with Crippen molar-refractivity contribution in [3.63, 3.8) is 0 Å². The van der Waals surface area contributed by atoms with Crippen molar-refractivity contribution in [1.82, 2.24) is 4.98 Å². The van der Waals surface area contributed by atoms with Gasteiger partial charge in [-0.3, -0.25) is 10.2 Å². The molecule has 1 amide bonds. The first kappa shape index (κ1) is 14.6. The number of amides is 1. The SMILES string of the molecule is C[C@@H]1SC(=N)N(c2ncc(Cc3ccccc3Cl)s2)C1=O. The topological polar surface area (TPSA) is 57.1 Å². The molecule has 2 heterocycles. The van der Waals surface area contributed by atoms with Crippen LogP contribution in [0.1, 0.15) is 17.4 Å². The van der Waals surface area contributed by atoms with Gasteiger partial charge < -0.3 is 0 Å². The summed E-state index contributed by atoms with van der Waals surface area (Å²) in [5, 5.41) is 9.19. The molecule has 3 rings (SSSR count). The van der Waals surface area contributed by atoms with Crippen LogP contribution in [0.3, 0.4) is 0 Å². The largest absolute Gasteiger partial charge is 0.278 e. The van der Waals surface area contributed by atoms with Crippen molar-refractivity contribution in [1.29, 1.82) is 5.41 Å². The highest BCUT2D eigenvalue weighted by atomic mass is 35.5. The number of thioether (sulfide) groups is 1. The van der Waals surface area contributed by atoms with Crippen molar-refractivity contribution in [2.45, 2.75) is 18.6 Å². The third kappa shape index (κ3) is 2.84. The maximum Gasteiger partial charge on any atom is 0.248 e. The molecule has 2 aromatic rings. The first-order chi connectivity index (χ1) is 10.1. The number of anilines is 1. The lowest BCUT2D eigenvalue weighted by Crippen LogP contribution is -2.30. The summed E-state index contributed by atoms with van der Waals surface area (Å²) in [7, 11) is 0. The average Bonchev–Trinajstić information content (AvgIpc) is 2.98. The fourth-order valence-electron chi connectivity index (χ4n) is 2.05. The van der Waals surface area contributed by atoms with Gasteiger partial charge in [0.15, 0.2) is 10.3 Å². The quantitative estimate of drug-likeness (QED) is 0.927. The second-order valence-electron chi connectivity index (χ2n) is 4.62. The first-order valence-corrected chi connectivity index (χ1v) is 8.41. The fourth-order valence-corrected chi connectivity index (χ4v) is 4.07. The summed E-state index contributed by atoms with van der Waals surface area (Å²) in [6.45, 7) is 1.81. The van der Waals surface area contributed by atoms with Gasteiger partial charge in [0.2, 0.25) is 5.91 Å². The van der Waals surface area contributed by atoms with Gasteiger partial charge in [0, 0.05) is 22.5 Å². The van der Waals surface area contributed by atoms with Gasteiger partial charge in [0.05, 0.1) is 5.25 Å². The number of halogens is 1. The van der Waals surface area contributed by atoms with E-state index in [1.54, 1.807) is 13.1 Å². The second-order valence-corrected chi connectivity index (χ2v) is 7.45. The molecular weight excluding hydrogens is 326 g/mol. The lowest BCUT2D eigenvalue weighted by Gasteiger charge is -2.10. The van der Waals surface area contributed by atoms with E-state index in [9.17, 15) is 4.79 Å². The van der Waals surface area contributed by atoms with Gasteiger partial charge in [-0.05, 0) is 18.6 Å². The zero-order valence-electron chi connectivity index (χ0n) is 11.2. The van der Waals surface area contributed by atoms with Gasteiger partial charge in [0.1, 0.15) is 0 Å². The molecule has 0 saturated carbocycles. The molecule has 1 fully saturated rings. The van der Waals surface area contributed by atoms with Crippen molar-refractivity contribution in [2.24, 2.45) is 0 Å². The Hall–Kier alpha value is -1.37. The van der Waals surface area contributed by atoms with Crippen molar-refractivity contribution in [3.05, 3.63) is 45.9 Å². The van der Waals surface area contributed by atoms with E-state index in [1.807, 2.05) is 24.3 Å². The lowest BCUT2D eigenvalue weighted by molar-refractivity contribution is -0.116. The van der Waals surface area contributed by atoms with Crippen LogP contribution in [-0.4, -0.2) is 21.3 Å². The van der Waals surface area contributed by atoms with Crippen LogP contribution in [0.5, 0.6) is 0 Å². The molecule has 0 spiro atoms. The molecule has 1 aromatic carbocycles. The summed E-state index contributed by atoms with van der Waals surface area (Å²) in [5.74, 6) is -0.0800. The summed E-state index contributed by atoms with van der Waals surface area (Å²) in [6, 6.07) is 7.67. The average molecular weight is 338 g/mol. The summed E-state index contributed by atoms with van der Waals surface area (Å²) in [6.07, 6.45) is 2.42. The van der Waals surface area contributed by atoms with Gasteiger partial charge in [-0.2, -0.15) is 0 Å². The first-order valence-electron chi connectivity index (χ1n) is 6.33. The maximum atomic E-state index is 12.0. The Bertz CT molecular complexity index is 716. The van der Waals surface area contributed by atoms with Gasteiger partial charge >= 0.3 is 0 Å². The van der Waals surface area contributed by atoms with E-state index in [0.29, 0.717) is 11.6 Å². The Labute approximate surface area is 135 Å². The molecule has 0 bridgehead atoms. The molecule has 1 N–H and O–H groups in total. The number of hydrogen-bond acceptors (Lipinski definition) is 5. The van der Waals surface area contributed by atoms with Gasteiger partial charge in [-0.1, -0.05) is 41.6 Å². The molecule has 1 aromatic heterocycles. The Morgan fingerprint density at radius 2 is 2.19 bits per heavy atom. The minimum Gasteiger partial charge on any atom is -0.278 e. The van der Waals surface area contributed by atoms with Crippen molar-refractivity contribution < 1.29 is 4.79 Å². The Morgan fingerprint density at radius 1 is 1.43 bits per heavy atom. The van der Waals surface area contributed by atoms with E-state index in [1.165, 1.54) is 28.0 Å². The van der Waals surface area contributed by atoms with E-state index in [-0.39, 0.29) is 16.3 Å². The van der Waals surface area contributed by atoms with E-state index < -0.39 is 0 Å². The third-order valence-electron chi connectivity index (χ3n) is 3.11. The molecule has 4 nitrogen and oxygen atoms in total. The Kier molecular flexibility index (Phi) is 4.01. The molecular formula is C14H12ClN3OS2. The number of benzene rings is 1. The maximum absolute atomic E-state index is 12.0. The second kappa shape index (κ2) is 5.79. The van der Waals surface area contributed by atoms with Crippen LogP contribution in [0.2, 0.25) is 5.02 Å². The normalized spacial score (nSPS) is 18.6. The number of aromatic nitrogens is 1. The number of hydrogen-bond donors (Lipinski definition) is 1. The highest BCUT2D eigenvalue weighted by Gasteiger charge is 2.36. The summed E-state index contributed by atoms with van der Waals surface area (Å²) < 4.78 is 0. The van der Waals surface area contributed by atoms with E-state index in [0.717, 1.165) is 15.5 Å². The third-order valence-corrected chi connectivity index (χ3v) is 5.43. The standard InChI is InChI=1S/C14H12ClN3OS2/c1-8-12(19)18(13(16)20-8)14-17-7-10(21-14)6-9-4-2-3-5-11(9)15/h2-5,7-8,16H,6H2,1H3/t8-/m0/s1. The van der Waals surface area contributed by atoms with E-state index in [2.05, 4.69) is 4.98 Å². The predicted octanol–water partition coefficient (Wildman–Crippen LogP) is 3.79. The number of nitrogens with zero attached hydrogens (tertiary/aromatic N) is 2. The predicted molar refractivity (Wildman–Crippen MR) is 88.6 cm³/mol. The summed E-state index contributed by atoms with van der Waals surface area (Å²) in [4.78, 5) is 18.7. The van der Waals surface area contributed by atoms with Crippen molar-refractivity contribution >= 4 is 50.9 Å². The van der Waals surface area contributed by atoms with Gasteiger partial charge in [-0.25, -0.2) is 9.88 Å². The number of rotatable bonds is 3. The highest BCUT2D eigenvalue weighted by Crippen LogP contribution is 2.34.